The smallest absolute Gasteiger partial charge is 0.229 e. The molecule has 26 heavy (non-hydrogen) atoms. The van der Waals surface area contributed by atoms with E-state index in [-0.39, 0.29) is 11.2 Å². The second-order valence-corrected chi connectivity index (χ2v) is 10.6. The summed E-state index contributed by atoms with van der Waals surface area (Å²) in [6, 6.07) is 0. The lowest BCUT2D eigenvalue weighted by Gasteiger charge is -2.61. The maximum absolute atomic E-state index is 12.8. The van der Waals surface area contributed by atoms with Gasteiger partial charge in [0.2, 0.25) is 5.79 Å². The van der Waals surface area contributed by atoms with E-state index in [1.807, 2.05) is 0 Å². The van der Waals surface area contributed by atoms with E-state index in [0.717, 1.165) is 30.1 Å². The molecule has 0 radical (unpaired) electrons. The normalized spacial score (nSPS) is 52.6. The monoisotopic (exact) mass is 360 g/mol. The van der Waals surface area contributed by atoms with Crippen molar-refractivity contribution in [3.63, 3.8) is 0 Å². The number of hydrogen-bond donors (Lipinski definition) is 0. The predicted octanol–water partition coefficient (Wildman–Crippen LogP) is 4.98. The van der Waals surface area contributed by atoms with Gasteiger partial charge in [0.1, 0.15) is 0 Å². The van der Waals surface area contributed by atoms with Gasteiger partial charge in [-0.05, 0) is 78.9 Å². The maximum Gasteiger partial charge on any atom is 0.229 e. The van der Waals surface area contributed by atoms with Crippen molar-refractivity contribution in [3.8, 4) is 0 Å². The lowest BCUT2D eigenvalue weighted by Crippen LogP contribution is -2.60. The summed E-state index contributed by atoms with van der Waals surface area (Å²) < 4.78 is 11.9. The first-order valence-electron chi connectivity index (χ1n) is 11.2. The van der Waals surface area contributed by atoms with Gasteiger partial charge < -0.3 is 9.47 Å². The van der Waals surface area contributed by atoms with Crippen LogP contribution < -0.4 is 0 Å². The summed E-state index contributed by atoms with van der Waals surface area (Å²) in [5.41, 5.74) is 0.786. The first-order valence-corrected chi connectivity index (χ1v) is 11.2. The molecule has 0 aromatic heterocycles. The molecular formula is C23H36O3. The maximum atomic E-state index is 12.8. The molecule has 0 amide bonds. The van der Waals surface area contributed by atoms with Crippen molar-refractivity contribution < 1.29 is 14.3 Å². The van der Waals surface area contributed by atoms with Crippen molar-refractivity contribution in [2.45, 2.75) is 84.3 Å². The summed E-state index contributed by atoms with van der Waals surface area (Å²) in [5.74, 6) is 3.33. The second-order valence-electron chi connectivity index (χ2n) is 10.6. The first-order chi connectivity index (χ1) is 12.4. The van der Waals surface area contributed by atoms with Crippen LogP contribution in [0.4, 0.5) is 0 Å². The van der Waals surface area contributed by atoms with Crippen LogP contribution in [-0.2, 0) is 14.3 Å². The van der Waals surface area contributed by atoms with Gasteiger partial charge in [-0.15, -0.1) is 0 Å². The van der Waals surface area contributed by atoms with Gasteiger partial charge in [0, 0.05) is 12.8 Å². The molecule has 4 saturated carbocycles. The molecular weight excluding hydrogens is 324 g/mol. The Hall–Kier alpha value is -0.410. The molecule has 0 N–H and O–H groups in total. The van der Waals surface area contributed by atoms with Crippen LogP contribution in [0, 0.1) is 40.4 Å². The molecule has 146 valence electrons. The Kier molecular flexibility index (Phi) is 3.94. The van der Waals surface area contributed by atoms with Crippen molar-refractivity contribution in [3.05, 3.63) is 0 Å². The van der Waals surface area contributed by atoms with Crippen molar-refractivity contribution in [1.29, 1.82) is 0 Å². The Balaban J connectivity index is 1.46. The SMILES string of the molecule is CC[C@H]1CC[C@H]2[C@@H]3CCC4CC(=O)C5(C[C@]4(C)[C@H]3CC[C@]12C)OCCO5. The van der Waals surface area contributed by atoms with Gasteiger partial charge in [-0.1, -0.05) is 27.2 Å². The standard InChI is InChI=1S/C23H36O3/c1-4-15-6-8-18-17-7-5-16-13-20(24)23(25-11-12-26-23)14-22(16,3)19(17)9-10-21(15,18)2/h15-19H,4-14H2,1-3H3/t15-,16?,17-,18-,19-,21+,22-/m0/s1. The highest BCUT2D eigenvalue weighted by molar-refractivity contribution is 5.87. The van der Waals surface area contributed by atoms with Crippen LogP contribution >= 0.6 is 0 Å². The lowest BCUT2D eigenvalue weighted by atomic mass is 9.44. The number of rotatable bonds is 1. The molecule has 3 heteroatoms. The van der Waals surface area contributed by atoms with Crippen LogP contribution in [0.2, 0.25) is 0 Å². The highest BCUT2D eigenvalue weighted by Crippen LogP contribution is 2.68. The molecule has 3 nitrogen and oxygen atoms in total. The minimum absolute atomic E-state index is 0.215. The quantitative estimate of drug-likeness (QED) is 0.662. The third-order valence-corrected chi connectivity index (χ3v) is 9.98. The number of Topliss-reactive ketones (excluding diaryl/α,β-unsaturated/α-hetero) is 1. The fourth-order valence-corrected chi connectivity index (χ4v) is 8.62. The van der Waals surface area contributed by atoms with E-state index in [9.17, 15) is 4.79 Å². The molecule has 5 rings (SSSR count). The average molecular weight is 361 g/mol. The molecule has 1 spiro atoms. The van der Waals surface area contributed by atoms with Crippen molar-refractivity contribution in [2.75, 3.05) is 13.2 Å². The fourth-order valence-electron chi connectivity index (χ4n) is 8.62. The van der Waals surface area contributed by atoms with Gasteiger partial charge in [0.25, 0.3) is 0 Å². The lowest BCUT2D eigenvalue weighted by molar-refractivity contribution is -0.226. The van der Waals surface area contributed by atoms with Crippen LogP contribution in [-0.4, -0.2) is 24.8 Å². The summed E-state index contributed by atoms with van der Waals surface area (Å²) in [4.78, 5) is 12.8. The van der Waals surface area contributed by atoms with Gasteiger partial charge in [0.05, 0.1) is 13.2 Å². The van der Waals surface area contributed by atoms with Gasteiger partial charge in [-0.2, -0.15) is 0 Å². The number of ether oxygens (including phenoxy) is 2. The molecule has 1 saturated heterocycles. The summed E-state index contributed by atoms with van der Waals surface area (Å²) in [5, 5.41) is 0. The average Bonchev–Trinajstić information content (AvgIpc) is 3.21. The zero-order valence-corrected chi connectivity index (χ0v) is 16.9. The van der Waals surface area contributed by atoms with Crippen LogP contribution in [0.15, 0.2) is 0 Å². The molecule has 1 unspecified atom stereocenters. The zero-order chi connectivity index (χ0) is 18.2. The molecule has 5 aliphatic rings. The minimum Gasteiger partial charge on any atom is -0.341 e. The van der Waals surface area contributed by atoms with E-state index in [0.29, 0.717) is 31.0 Å². The molecule has 1 aliphatic heterocycles. The van der Waals surface area contributed by atoms with Gasteiger partial charge >= 0.3 is 0 Å². The van der Waals surface area contributed by atoms with E-state index < -0.39 is 5.79 Å². The summed E-state index contributed by atoms with van der Waals surface area (Å²) in [7, 11) is 0. The number of carbonyl (C=O) groups is 1. The molecule has 4 aliphatic carbocycles. The number of fused-ring (bicyclic) bond motifs is 5. The van der Waals surface area contributed by atoms with Gasteiger partial charge in [-0.3, -0.25) is 4.79 Å². The van der Waals surface area contributed by atoms with Crippen LogP contribution in [0.3, 0.4) is 0 Å². The third kappa shape index (κ3) is 2.16. The number of ketones is 1. The largest absolute Gasteiger partial charge is 0.341 e. The highest BCUT2D eigenvalue weighted by atomic mass is 16.7. The summed E-state index contributed by atoms with van der Waals surface area (Å²) >= 11 is 0. The fraction of sp³-hybridized carbons (Fsp3) is 0.957. The summed E-state index contributed by atoms with van der Waals surface area (Å²) in [6.07, 6.45) is 11.1. The topological polar surface area (TPSA) is 35.5 Å². The number of hydrogen-bond acceptors (Lipinski definition) is 3. The minimum atomic E-state index is -0.893. The van der Waals surface area contributed by atoms with E-state index in [2.05, 4.69) is 20.8 Å². The summed E-state index contributed by atoms with van der Waals surface area (Å²) in [6.45, 7) is 8.66. The van der Waals surface area contributed by atoms with Crippen molar-refractivity contribution >= 4 is 5.78 Å². The molecule has 0 bridgehead atoms. The Bertz CT molecular complexity index is 594. The predicted molar refractivity (Wildman–Crippen MR) is 101 cm³/mol. The van der Waals surface area contributed by atoms with E-state index in [1.165, 1.54) is 44.9 Å². The molecule has 5 fully saturated rings. The Labute approximate surface area is 158 Å². The van der Waals surface area contributed by atoms with Gasteiger partial charge in [0.15, 0.2) is 5.78 Å². The number of carbonyl (C=O) groups excluding carboxylic acids is 1. The van der Waals surface area contributed by atoms with E-state index in [4.69, 9.17) is 9.47 Å². The first kappa shape index (κ1) is 17.7. The van der Waals surface area contributed by atoms with Crippen LogP contribution in [0.5, 0.6) is 0 Å². The van der Waals surface area contributed by atoms with E-state index >= 15 is 0 Å². The highest BCUT2D eigenvalue weighted by Gasteiger charge is 2.64. The Morgan fingerprint density at radius 1 is 0.962 bits per heavy atom. The van der Waals surface area contributed by atoms with Crippen molar-refractivity contribution in [1.82, 2.24) is 0 Å². The molecule has 0 aromatic carbocycles. The zero-order valence-electron chi connectivity index (χ0n) is 16.9. The Morgan fingerprint density at radius 3 is 2.42 bits per heavy atom. The van der Waals surface area contributed by atoms with E-state index in [1.54, 1.807) is 0 Å². The third-order valence-electron chi connectivity index (χ3n) is 9.98. The molecule has 0 aromatic rings. The molecule has 1 heterocycles. The van der Waals surface area contributed by atoms with Crippen molar-refractivity contribution in [2.24, 2.45) is 40.4 Å². The van der Waals surface area contributed by atoms with Gasteiger partial charge in [-0.25, -0.2) is 0 Å². The Morgan fingerprint density at radius 2 is 1.69 bits per heavy atom. The van der Waals surface area contributed by atoms with Crippen LogP contribution in [0.25, 0.3) is 0 Å². The van der Waals surface area contributed by atoms with Crippen LogP contribution in [0.1, 0.15) is 78.6 Å². The second kappa shape index (κ2) is 5.80. The molecule has 7 atom stereocenters.